The second kappa shape index (κ2) is 8.35. The van der Waals surface area contributed by atoms with Crippen LogP contribution in [0.3, 0.4) is 0 Å². The Balaban J connectivity index is 2.18. The highest BCUT2D eigenvalue weighted by molar-refractivity contribution is 7.98. The minimum atomic E-state index is 0.355. The van der Waals surface area contributed by atoms with Gasteiger partial charge in [0.2, 0.25) is 0 Å². The molecule has 17 heavy (non-hydrogen) atoms. The summed E-state index contributed by atoms with van der Waals surface area (Å²) in [5.41, 5.74) is 0. The van der Waals surface area contributed by atoms with Gasteiger partial charge in [0.25, 0.3) is 0 Å². The summed E-state index contributed by atoms with van der Waals surface area (Å²) in [4.78, 5) is 5.14. The quantitative estimate of drug-likeness (QED) is 0.693. The predicted octanol–water partition coefficient (Wildman–Crippen LogP) is 1.78. The van der Waals surface area contributed by atoms with Crippen molar-refractivity contribution in [3.63, 3.8) is 0 Å². The Morgan fingerprint density at radius 2 is 2.06 bits per heavy atom. The molecule has 102 valence electrons. The van der Waals surface area contributed by atoms with Crippen molar-refractivity contribution in [2.75, 3.05) is 51.3 Å². The molecule has 0 unspecified atom stereocenters. The molecule has 1 heterocycles. The molecule has 1 rings (SSSR count). The van der Waals surface area contributed by atoms with E-state index in [1.807, 2.05) is 11.8 Å². The Morgan fingerprint density at radius 3 is 2.65 bits per heavy atom. The first-order valence-corrected chi connectivity index (χ1v) is 8.09. The fraction of sp³-hybridized carbons (Fsp3) is 1.00. The third kappa shape index (κ3) is 6.09. The van der Waals surface area contributed by atoms with Gasteiger partial charge in [0.05, 0.1) is 12.7 Å². The lowest BCUT2D eigenvalue weighted by Gasteiger charge is -2.39. The van der Waals surface area contributed by atoms with Crippen molar-refractivity contribution in [3.8, 4) is 0 Å². The van der Waals surface area contributed by atoms with E-state index in [0.717, 1.165) is 13.2 Å². The fourth-order valence-corrected chi connectivity index (χ4v) is 2.67. The van der Waals surface area contributed by atoms with Crippen molar-refractivity contribution in [3.05, 3.63) is 0 Å². The van der Waals surface area contributed by atoms with Crippen LogP contribution in [0.25, 0.3) is 0 Å². The normalized spacial score (nSPS) is 23.5. The summed E-state index contributed by atoms with van der Waals surface area (Å²) in [6.45, 7) is 13.3. The molecular formula is C13H28N2OS. The average Bonchev–Trinajstić information content (AvgIpc) is 2.28. The summed E-state index contributed by atoms with van der Waals surface area (Å²) in [6, 6.07) is 0.668. The molecule has 1 atom stereocenters. The number of hydrogen-bond acceptors (Lipinski definition) is 4. The lowest BCUT2D eigenvalue weighted by Crippen LogP contribution is -2.53. The summed E-state index contributed by atoms with van der Waals surface area (Å²) >= 11 is 1.94. The van der Waals surface area contributed by atoms with E-state index in [9.17, 15) is 0 Å². The first kappa shape index (κ1) is 15.3. The molecule has 3 nitrogen and oxygen atoms in total. The van der Waals surface area contributed by atoms with E-state index in [4.69, 9.17) is 4.74 Å². The largest absolute Gasteiger partial charge is 0.377 e. The van der Waals surface area contributed by atoms with Gasteiger partial charge in [-0.1, -0.05) is 0 Å². The van der Waals surface area contributed by atoms with Crippen LogP contribution in [0.1, 0.15) is 20.8 Å². The van der Waals surface area contributed by atoms with Crippen LogP contribution in [0, 0.1) is 0 Å². The summed E-state index contributed by atoms with van der Waals surface area (Å²) in [5.74, 6) is 1.25. The minimum absolute atomic E-state index is 0.355. The third-order valence-electron chi connectivity index (χ3n) is 3.29. The van der Waals surface area contributed by atoms with Gasteiger partial charge in [-0.05, 0) is 27.0 Å². The number of hydrogen-bond donors (Lipinski definition) is 0. The number of ether oxygens (including phenoxy) is 1. The molecule has 0 radical (unpaired) electrons. The predicted molar refractivity (Wildman–Crippen MR) is 76.9 cm³/mol. The summed E-state index contributed by atoms with van der Waals surface area (Å²) < 4.78 is 5.63. The van der Waals surface area contributed by atoms with Gasteiger partial charge in [-0.2, -0.15) is 11.8 Å². The van der Waals surface area contributed by atoms with E-state index in [0.29, 0.717) is 12.1 Å². The van der Waals surface area contributed by atoms with Crippen molar-refractivity contribution in [2.24, 2.45) is 0 Å². The number of thioether (sulfide) groups is 1. The van der Waals surface area contributed by atoms with Crippen LogP contribution < -0.4 is 0 Å². The number of piperazine rings is 1. The standard InChI is InChI=1S/C13H28N2OS/c1-12(2)16-9-7-15-6-5-14(8-10-17-4)11-13(15)3/h12-13H,5-11H2,1-4H3/t13-/m0/s1. The van der Waals surface area contributed by atoms with Gasteiger partial charge in [0.15, 0.2) is 0 Å². The maximum Gasteiger partial charge on any atom is 0.0597 e. The molecule has 0 spiro atoms. The Labute approximate surface area is 111 Å². The van der Waals surface area contributed by atoms with Crippen molar-refractivity contribution in [2.45, 2.75) is 32.9 Å². The van der Waals surface area contributed by atoms with E-state index in [1.54, 1.807) is 0 Å². The van der Waals surface area contributed by atoms with Crippen LogP contribution in [0.4, 0.5) is 0 Å². The highest BCUT2D eigenvalue weighted by Crippen LogP contribution is 2.10. The van der Waals surface area contributed by atoms with Crippen LogP contribution in [0.15, 0.2) is 0 Å². The maximum atomic E-state index is 5.63. The molecule has 1 saturated heterocycles. The van der Waals surface area contributed by atoms with E-state index in [-0.39, 0.29) is 0 Å². The number of rotatable bonds is 7. The molecule has 1 aliphatic heterocycles. The fourth-order valence-electron chi connectivity index (χ4n) is 2.23. The summed E-state index contributed by atoms with van der Waals surface area (Å²) in [6.07, 6.45) is 2.54. The van der Waals surface area contributed by atoms with Gasteiger partial charge in [0.1, 0.15) is 0 Å². The molecule has 0 aromatic carbocycles. The zero-order valence-corrected chi connectivity index (χ0v) is 12.6. The van der Waals surface area contributed by atoms with Crippen LogP contribution in [0.5, 0.6) is 0 Å². The topological polar surface area (TPSA) is 15.7 Å². The molecular weight excluding hydrogens is 232 g/mol. The Bertz CT molecular complexity index is 202. The Kier molecular flexibility index (Phi) is 7.51. The van der Waals surface area contributed by atoms with Gasteiger partial charge >= 0.3 is 0 Å². The average molecular weight is 260 g/mol. The first-order chi connectivity index (χ1) is 8.13. The highest BCUT2D eigenvalue weighted by atomic mass is 32.2. The minimum Gasteiger partial charge on any atom is -0.377 e. The molecule has 0 amide bonds. The van der Waals surface area contributed by atoms with Crippen LogP contribution >= 0.6 is 11.8 Å². The van der Waals surface area contributed by atoms with Gasteiger partial charge < -0.3 is 4.74 Å². The molecule has 0 bridgehead atoms. The van der Waals surface area contributed by atoms with E-state index in [2.05, 4.69) is 36.8 Å². The monoisotopic (exact) mass is 260 g/mol. The van der Waals surface area contributed by atoms with E-state index < -0.39 is 0 Å². The molecule has 4 heteroatoms. The van der Waals surface area contributed by atoms with Gasteiger partial charge in [-0.3, -0.25) is 9.80 Å². The maximum absolute atomic E-state index is 5.63. The van der Waals surface area contributed by atoms with Gasteiger partial charge in [-0.15, -0.1) is 0 Å². The van der Waals surface area contributed by atoms with Gasteiger partial charge in [0, 0.05) is 44.5 Å². The second-order valence-corrected chi connectivity index (χ2v) is 6.08. The molecule has 0 aliphatic carbocycles. The third-order valence-corrected chi connectivity index (χ3v) is 3.88. The van der Waals surface area contributed by atoms with Crippen molar-refractivity contribution in [1.82, 2.24) is 9.80 Å². The summed E-state index contributed by atoms with van der Waals surface area (Å²) in [7, 11) is 0. The Morgan fingerprint density at radius 1 is 1.29 bits per heavy atom. The van der Waals surface area contributed by atoms with Crippen molar-refractivity contribution < 1.29 is 4.74 Å². The van der Waals surface area contributed by atoms with Crippen LogP contribution in [-0.2, 0) is 4.74 Å². The molecule has 0 saturated carbocycles. The molecule has 1 aliphatic rings. The number of nitrogens with zero attached hydrogens (tertiary/aromatic N) is 2. The lowest BCUT2D eigenvalue weighted by molar-refractivity contribution is 0.0270. The van der Waals surface area contributed by atoms with Crippen LogP contribution in [-0.4, -0.2) is 73.3 Å². The second-order valence-electron chi connectivity index (χ2n) is 5.10. The van der Waals surface area contributed by atoms with Crippen LogP contribution in [0.2, 0.25) is 0 Å². The Hall–Kier alpha value is 0.230. The highest BCUT2D eigenvalue weighted by Gasteiger charge is 2.22. The molecule has 1 fully saturated rings. The SMILES string of the molecule is CSCCN1CCN(CCOC(C)C)[C@@H](C)C1. The van der Waals surface area contributed by atoms with Gasteiger partial charge in [-0.25, -0.2) is 0 Å². The smallest absolute Gasteiger partial charge is 0.0597 e. The van der Waals surface area contributed by atoms with Crippen molar-refractivity contribution >= 4 is 11.8 Å². The zero-order chi connectivity index (χ0) is 12.7. The van der Waals surface area contributed by atoms with E-state index >= 15 is 0 Å². The van der Waals surface area contributed by atoms with E-state index in [1.165, 1.54) is 31.9 Å². The molecule has 0 aromatic heterocycles. The van der Waals surface area contributed by atoms with Crippen molar-refractivity contribution in [1.29, 1.82) is 0 Å². The first-order valence-electron chi connectivity index (χ1n) is 6.70. The zero-order valence-electron chi connectivity index (χ0n) is 11.8. The molecule has 0 aromatic rings. The summed E-state index contributed by atoms with van der Waals surface area (Å²) in [5, 5.41) is 0. The molecule has 0 N–H and O–H groups in total. The lowest BCUT2D eigenvalue weighted by atomic mass is 10.2.